The zero-order valence-electron chi connectivity index (χ0n) is 17.5. The fourth-order valence-corrected chi connectivity index (χ4v) is 4.71. The van der Waals surface area contributed by atoms with E-state index >= 15 is 0 Å². The number of hydrogen-bond acceptors (Lipinski definition) is 9. The van der Waals surface area contributed by atoms with Gasteiger partial charge in [0.25, 0.3) is 22.6 Å². The molecule has 0 N–H and O–H groups in total. The number of aromatic nitrogens is 2. The van der Waals surface area contributed by atoms with Crippen LogP contribution in [0.1, 0.15) is 25.7 Å². The monoisotopic (exact) mass is 494 g/mol. The number of carbonyl (C=O) groups is 2. The molecule has 2 aromatic carbocycles. The van der Waals surface area contributed by atoms with E-state index < -0.39 is 4.92 Å². The molecule has 170 valence electrons. The minimum atomic E-state index is -0.476. The van der Waals surface area contributed by atoms with Gasteiger partial charge in [0.05, 0.1) is 15.6 Å². The lowest BCUT2D eigenvalue weighted by Crippen LogP contribution is -2.31. The Morgan fingerprint density at radius 2 is 1.65 bits per heavy atom. The number of azo groups is 1. The number of hydrogen-bond donors (Lipinski definition) is 0. The van der Waals surface area contributed by atoms with Crippen LogP contribution < -0.4 is 4.90 Å². The fourth-order valence-electron chi connectivity index (χ4n) is 3.89. The van der Waals surface area contributed by atoms with Crippen LogP contribution in [-0.2, 0) is 9.59 Å². The maximum absolute atomic E-state index is 12.8. The van der Waals surface area contributed by atoms with E-state index in [-0.39, 0.29) is 28.3 Å². The van der Waals surface area contributed by atoms with Crippen LogP contribution in [0, 0.1) is 10.1 Å². The number of amides is 2. The summed E-state index contributed by atoms with van der Waals surface area (Å²) in [4.78, 5) is 37.2. The molecule has 0 radical (unpaired) electrons. The molecule has 0 bridgehead atoms. The van der Waals surface area contributed by atoms with Gasteiger partial charge in [0.15, 0.2) is 0 Å². The zero-order chi connectivity index (χ0) is 23.8. The highest BCUT2D eigenvalue weighted by molar-refractivity contribution is 7.18. The molecule has 2 heterocycles. The Balaban J connectivity index is 1.37. The van der Waals surface area contributed by atoms with Crippen molar-refractivity contribution in [2.24, 2.45) is 10.2 Å². The number of rotatable bonds is 5. The van der Waals surface area contributed by atoms with Gasteiger partial charge in [0, 0.05) is 28.8 Å². The van der Waals surface area contributed by atoms with E-state index in [4.69, 9.17) is 11.6 Å². The molecule has 0 unspecified atom stereocenters. The van der Waals surface area contributed by atoms with Crippen LogP contribution in [0.3, 0.4) is 0 Å². The standard InChI is InChI=1S/C22H15ClN6O4S/c23-17-10-9-14(28-20(30)15-3-1-2-4-16(15)21(28)31)11-18(17)24-26-22-27-25-19(34-22)12-5-7-13(8-6-12)29(32)33/h5-11H,1-4H2. The number of anilines is 1. The minimum Gasteiger partial charge on any atom is -0.269 e. The van der Waals surface area contributed by atoms with Crippen molar-refractivity contribution in [3.63, 3.8) is 0 Å². The molecule has 0 saturated carbocycles. The smallest absolute Gasteiger partial charge is 0.269 e. The predicted molar refractivity (Wildman–Crippen MR) is 126 cm³/mol. The summed E-state index contributed by atoms with van der Waals surface area (Å²) in [5.74, 6) is -0.580. The Labute approximate surface area is 201 Å². The summed E-state index contributed by atoms with van der Waals surface area (Å²) in [6.45, 7) is 0. The molecule has 2 amide bonds. The van der Waals surface area contributed by atoms with Crippen molar-refractivity contribution in [2.45, 2.75) is 25.7 Å². The number of non-ortho nitro benzene ring substituents is 1. The third kappa shape index (κ3) is 3.99. The second-order valence-electron chi connectivity index (χ2n) is 7.64. The van der Waals surface area contributed by atoms with Crippen molar-refractivity contribution < 1.29 is 14.5 Å². The van der Waals surface area contributed by atoms with Gasteiger partial charge in [-0.2, -0.15) is 0 Å². The predicted octanol–water partition coefficient (Wildman–Crippen LogP) is 5.93. The molecule has 0 fully saturated rings. The van der Waals surface area contributed by atoms with Gasteiger partial charge in [0.2, 0.25) is 0 Å². The number of carbonyl (C=O) groups excluding carboxylic acids is 2. The number of nitro benzene ring substituents is 1. The first-order valence-electron chi connectivity index (χ1n) is 10.3. The van der Waals surface area contributed by atoms with Crippen LogP contribution in [0.25, 0.3) is 10.6 Å². The molecule has 3 aromatic rings. The summed E-state index contributed by atoms with van der Waals surface area (Å²) < 4.78 is 0. The van der Waals surface area contributed by atoms with Crippen molar-refractivity contribution in [2.75, 3.05) is 4.90 Å². The van der Waals surface area contributed by atoms with Crippen molar-refractivity contribution >= 4 is 56.9 Å². The summed E-state index contributed by atoms with van der Waals surface area (Å²) in [6.07, 6.45) is 3.03. The minimum absolute atomic E-state index is 0.0197. The maximum Gasteiger partial charge on any atom is 0.269 e. The molecule has 1 aliphatic carbocycles. The van der Waals surface area contributed by atoms with Gasteiger partial charge in [-0.3, -0.25) is 19.7 Å². The van der Waals surface area contributed by atoms with Gasteiger partial charge in [0.1, 0.15) is 10.7 Å². The highest BCUT2D eigenvalue weighted by Gasteiger charge is 2.39. The Morgan fingerprint density at radius 1 is 0.971 bits per heavy atom. The summed E-state index contributed by atoms with van der Waals surface area (Å²) in [6, 6.07) is 10.6. The second kappa shape index (κ2) is 8.84. The molecule has 10 nitrogen and oxygen atoms in total. The van der Waals surface area contributed by atoms with E-state index in [9.17, 15) is 19.7 Å². The first-order chi connectivity index (χ1) is 16.4. The van der Waals surface area contributed by atoms with E-state index in [0.29, 0.717) is 45.3 Å². The van der Waals surface area contributed by atoms with Crippen molar-refractivity contribution in [1.82, 2.24) is 10.2 Å². The van der Waals surface area contributed by atoms with Crippen molar-refractivity contribution in [3.05, 3.63) is 68.7 Å². The van der Waals surface area contributed by atoms with Gasteiger partial charge < -0.3 is 0 Å². The number of nitrogens with zero attached hydrogens (tertiary/aromatic N) is 6. The number of benzene rings is 2. The van der Waals surface area contributed by atoms with E-state index in [1.54, 1.807) is 30.3 Å². The lowest BCUT2D eigenvalue weighted by Gasteiger charge is -2.15. The summed E-state index contributed by atoms with van der Waals surface area (Å²) in [5.41, 5.74) is 2.49. The average Bonchev–Trinajstić information content (AvgIpc) is 3.42. The highest BCUT2D eigenvalue weighted by atomic mass is 35.5. The molecular weight excluding hydrogens is 480 g/mol. The zero-order valence-corrected chi connectivity index (χ0v) is 19.0. The molecular formula is C22H15ClN6O4S. The van der Waals surface area contributed by atoms with Gasteiger partial charge >= 0.3 is 0 Å². The Bertz CT molecular complexity index is 1370. The average molecular weight is 495 g/mol. The second-order valence-corrected chi connectivity index (χ2v) is 9.00. The van der Waals surface area contributed by atoms with Crippen LogP contribution in [0.4, 0.5) is 22.2 Å². The first kappa shape index (κ1) is 22.0. The molecule has 2 aliphatic rings. The van der Waals surface area contributed by atoms with Gasteiger partial charge in [-0.25, -0.2) is 4.90 Å². The van der Waals surface area contributed by atoms with Crippen LogP contribution in [0.2, 0.25) is 5.02 Å². The molecule has 1 aromatic heterocycles. The molecule has 0 saturated heterocycles. The van der Waals surface area contributed by atoms with Crippen molar-refractivity contribution in [1.29, 1.82) is 0 Å². The first-order valence-corrected chi connectivity index (χ1v) is 11.5. The summed E-state index contributed by atoms with van der Waals surface area (Å²) in [7, 11) is 0. The maximum atomic E-state index is 12.8. The van der Waals surface area contributed by atoms with Gasteiger partial charge in [-0.15, -0.1) is 20.4 Å². The lowest BCUT2D eigenvalue weighted by molar-refractivity contribution is -0.384. The molecule has 12 heteroatoms. The SMILES string of the molecule is O=C1C2=C(CCCC2)C(=O)N1c1ccc(Cl)c(N=Nc2nnc(-c3ccc([N+](=O)[O-])cc3)s2)c1. The Morgan fingerprint density at radius 3 is 2.29 bits per heavy atom. The molecule has 0 atom stereocenters. The normalized spacial score (nSPS) is 16.0. The number of imide groups is 1. The summed E-state index contributed by atoms with van der Waals surface area (Å²) >= 11 is 7.41. The largest absolute Gasteiger partial charge is 0.269 e. The lowest BCUT2D eigenvalue weighted by atomic mass is 9.93. The van der Waals surface area contributed by atoms with E-state index in [2.05, 4.69) is 20.4 Å². The molecule has 34 heavy (non-hydrogen) atoms. The van der Waals surface area contributed by atoms with Crippen LogP contribution in [0.15, 0.2) is 63.8 Å². The van der Waals surface area contributed by atoms with E-state index in [1.165, 1.54) is 17.0 Å². The fraction of sp³-hybridized carbons (Fsp3) is 0.182. The summed E-state index contributed by atoms with van der Waals surface area (Å²) in [5, 5.41) is 28.1. The van der Waals surface area contributed by atoms with Crippen LogP contribution in [0.5, 0.6) is 0 Å². The third-order valence-corrected chi connectivity index (χ3v) is 6.74. The van der Waals surface area contributed by atoms with Gasteiger partial charge in [-0.1, -0.05) is 22.9 Å². The number of halogens is 1. The quantitative estimate of drug-likeness (QED) is 0.187. The van der Waals surface area contributed by atoms with E-state index in [1.807, 2.05) is 0 Å². The molecule has 5 rings (SSSR count). The van der Waals surface area contributed by atoms with Crippen molar-refractivity contribution in [3.8, 4) is 10.6 Å². The van der Waals surface area contributed by atoms with Crippen LogP contribution in [-0.4, -0.2) is 26.9 Å². The molecule has 1 aliphatic heterocycles. The highest BCUT2D eigenvalue weighted by Crippen LogP contribution is 2.39. The Kier molecular flexibility index (Phi) is 5.72. The number of nitro groups is 1. The van der Waals surface area contributed by atoms with E-state index in [0.717, 1.165) is 24.2 Å². The van der Waals surface area contributed by atoms with Gasteiger partial charge in [-0.05, 0) is 56.0 Å². The molecule has 0 spiro atoms. The Hall–Kier alpha value is -3.83. The topological polar surface area (TPSA) is 131 Å². The van der Waals surface area contributed by atoms with Crippen LogP contribution >= 0.6 is 22.9 Å². The third-order valence-electron chi connectivity index (χ3n) is 5.56.